The molecule has 0 aliphatic heterocycles. The molecule has 0 bridgehead atoms. The Hall–Kier alpha value is -1.87. The van der Waals surface area contributed by atoms with Gasteiger partial charge in [0.05, 0.1) is 7.11 Å². The number of hydrogen-bond acceptors (Lipinski definition) is 2. The lowest BCUT2D eigenvalue weighted by atomic mass is 9.93. The summed E-state index contributed by atoms with van der Waals surface area (Å²) < 4.78 is 18.4. The molecule has 0 saturated heterocycles. The Labute approximate surface area is 118 Å². The largest absolute Gasteiger partial charge is 0.496 e. The van der Waals surface area contributed by atoms with Crippen molar-refractivity contribution in [1.29, 1.82) is 0 Å². The van der Waals surface area contributed by atoms with E-state index in [1.807, 2.05) is 26.0 Å². The third-order valence-electron chi connectivity index (χ3n) is 3.60. The molecule has 0 spiro atoms. The molecule has 2 aromatic rings. The summed E-state index contributed by atoms with van der Waals surface area (Å²) in [6.45, 7) is 5.67. The highest BCUT2D eigenvalue weighted by molar-refractivity contribution is 5.46. The van der Waals surface area contributed by atoms with Crippen LogP contribution < -0.4 is 4.74 Å². The van der Waals surface area contributed by atoms with Gasteiger partial charge in [0.25, 0.3) is 0 Å². The molecule has 0 fully saturated rings. The lowest BCUT2D eigenvalue weighted by Gasteiger charge is -2.18. The molecule has 20 heavy (non-hydrogen) atoms. The van der Waals surface area contributed by atoms with E-state index >= 15 is 0 Å². The maximum Gasteiger partial charge on any atom is 0.123 e. The van der Waals surface area contributed by atoms with E-state index in [1.54, 1.807) is 20.1 Å². The van der Waals surface area contributed by atoms with Gasteiger partial charge in [0.15, 0.2) is 0 Å². The molecule has 2 rings (SSSR count). The van der Waals surface area contributed by atoms with E-state index < -0.39 is 6.10 Å². The maximum absolute atomic E-state index is 13.2. The van der Waals surface area contributed by atoms with Crippen LogP contribution in [-0.2, 0) is 0 Å². The zero-order valence-corrected chi connectivity index (χ0v) is 12.2. The molecular weight excluding hydrogens is 255 g/mol. The van der Waals surface area contributed by atoms with Gasteiger partial charge in [-0.3, -0.25) is 0 Å². The molecular formula is C17H19FO2. The van der Waals surface area contributed by atoms with Gasteiger partial charge in [-0.1, -0.05) is 6.07 Å². The smallest absolute Gasteiger partial charge is 0.123 e. The summed E-state index contributed by atoms with van der Waals surface area (Å²) in [5, 5.41) is 10.6. The van der Waals surface area contributed by atoms with Crippen LogP contribution >= 0.6 is 0 Å². The Morgan fingerprint density at radius 2 is 1.60 bits per heavy atom. The number of rotatable bonds is 3. The Morgan fingerprint density at radius 3 is 2.20 bits per heavy atom. The number of methoxy groups -OCH3 is 1. The van der Waals surface area contributed by atoms with Crippen LogP contribution in [0.4, 0.5) is 4.39 Å². The minimum Gasteiger partial charge on any atom is -0.496 e. The molecule has 3 heteroatoms. The van der Waals surface area contributed by atoms with Crippen LogP contribution in [0.15, 0.2) is 30.3 Å². The van der Waals surface area contributed by atoms with Crippen molar-refractivity contribution in [2.24, 2.45) is 0 Å². The number of aryl methyl sites for hydroxylation is 3. The molecule has 106 valence electrons. The molecule has 0 aliphatic carbocycles. The van der Waals surface area contributed by atoms with Crippen LogP contribution in [0.2, 0.25) is 0 Å². The van der Waals surface area contributed by atoms with Gasteiger partial charge in [-0.05, 0) is 72.9 Å². The van der Waals surface area contributed by atoms with Crippen molar-refractivity contribution < 1.29 is 14.2 Å². The van der Waals surface area contributed by atoms with Gasteiger partial charge in [0, 0.05) is 0 Å². The first-order chi connectivity index (χ1) is 9.43. The Bertz CT molecular complexity index is 635. The first kappa shape index (κ1) is 14.5. The van der Waals surface area contributed by atoms with Crippen LogP contribution in [0, 0.1) is 26.6 Å². The van der Waals surface area contributed by atoms with Gasteiger partial charge in [-0.15, -0.1) is 0 Å². The zero-order chi connectivity index (χ0) is 14.9. The quantitative estimate of drug-likeness (QED) is 0.921. The minimum atomic E-state index is -0.764. The van der Waals surface area contributed by atoms with Gasteiger partial charge in [0.1, 0.15) is 17.7 Å². The first-order valence-corrected chi connectivity index (χ1v) is 6.53. The average molecular weight is 274 g/mol. The van der Waals surface area contributed by atoms with Gasteiger partial charge in [0.2, 0.25) is 0 Å². The van der Waals surface area contributed by atoms with Gasteiger partial charge in [-0.25, -0.2) is 4.39 Å². The lowest BCUT2D eigenvalue weighted by Crippen LogP contribution is -2.05. The molecule has 0 aliphatic rings. The molecule has 1 atom stereocenters. The van der Waals surface area contributed by atoms with Crippen LogP contribution in [0.3, 0.4) is 0 Å². The lowest BCUT2D eigenvalue weighted by molar-refractivity contribution is 0.218. The van der Waals surface area contributed by atoms with Crippen molar-refractivity contribution in [2.75, 3.05) is 7.11 Å². The van der Waals surface area contributed by atoms with E-state index in [-0.39, 0.29) is 5.82 Å². The van der Waals surface area contributed by atoms with Crippen LogP contribution in [0.25, 0.3) is 0 Å². The fourth-order valence-electron chi connectivity index (χ4n) is 2.44. The highest BCUT2D eigenvalue weighted by Crippen LogP contribution is 2.31. The summed E-state index contributed by atoms with van der Waals surface area (Å²) >= 11 is 0. The highest BCUT2D eigenvalue weighted by Gasteiger charge is 2.17. The zero-order valence-electron chi connectivity index (χ0n) is 12.2. The van der Waals surface area contributed by atoms with Gasteiger partial charge in [-0.2, -0.15) is 0 Å². The van der Waals surface area contributed by atoms with E-state index in [4.69, 9.17) is 4.74 Å². The second-order valence-corrected chi connectivity index (χ2v) is 5.08. The molecule has 1 N–H and O–H groups in total. The summed E-state index contributed by atoms with van der Waals surface area (Å²) in [5.74, 6) is 0.510. The highest BCUT2D eigenvalue weighted by atomic mass is 19.1. The minimum absolute atomic E-state index is 0.291. The van der Waals surface area contributed by atoms with Crippen molar-refractivity contribution in [3.63, 3.8) is 0 Å². The van der Waals surface area contributed by atoms with Crippen molar-refractivity contribution in [2.45, 2.75) is 26.9 Å². The van der Waals surface area contributed by atoms with Crippen LogP contribution in [0.5, 0.6) is 5.75 Å². The predicted molar refractivity (Wildman–Crippen MR) is 77.7 cm³/mol. The number of ether oxygens (including phenoxy) is 1. The van der Waals surface area contributed by atoms with Crippen molar-refractivity contribution in [1.82, 2.24) is 0 Å². The average Bonchev–Trinajstić information content (AvgIpc) is 2.40. The molecule has 0 saturated carbocycles. The molecule has 0 amide bonds. The Morgan fingerprint density at radius 1 is 0.950 bits per heavy atom. The van der Waals surface area contributed by atoms with Crippen molar-refractivity contribution in [3.8, 4) is 5.75 Å². The second-order valence-electron chi connectivity index (χ2n) is 5.08. The van der Waals surface area contributed by atoms with Crippen LogP contribution in [0.1, 0.15) is 33.9 Å². The van der Waals surface area contributed by atoms with E-state index in [0.717, 1.165) is 33.6 Å². The number of aliphatic hydroxyl groups excluding tert-OH is 1. The molecule has 1 unspecified atom stereocenters. The Balaban J connectivity index is 2.48. The molecule has 0 heterocycles. The fourth-order valence-corrected chi connectivity index (χ4v) is 2.44. The Kier molecular flexibility index (Phi) is 4.09. The number of benzene rings is 2. The number of hydrogen-bond donors (Lipinski definition) is 1. The third-order valence-corrected chi connectivity index (χ3v) is 3.60. The maximum atomic E-state index is 13.2. The summed E-state index contributed by atoms with van der Waals surface area (Å²) in [5.41, 5.74) is 4.19. The molecule has 2 aromatic carbocycles. The molecule has 2 nitrogen and oxygen atoms in total. The van der Waals surface area contributed by atoms with E-state index in [2.05, 4.69) is 0 Å². The molecule has 0 aromatic heterocycles. The number of halogens is 1. The summed E-state index contributed by atoms with van der Waals surface area (Å²) in [4.78, 5) is 0. The summed E-state index contributed by atoms with van der Waals surface area (Å²) in [7, 11) is 1.63. The van der Waals surface area contributed by atoms with Gasteiger partial charge < -0.3 is 9.84 Å². The fraction of sp³-hybridized carbons (Fsp3) is 0.294. The van der Waals surface area contributed by atoms with E-state index in [0.29, 0.717) is 0 Å². The topological polar surface area (TPSA) is 29.5 Å². The second kappa shape index (κ2) is 5.63. The SMILES string of the molecule is COc1cc(C)c(C(O)c2ccc(F)cc2C)cc1C. The molecule has 0 radical (unpaired) electrons. The van der Waals surface area contributed by atoms with E-state index in [1.165, 1.54) is 12.1 Å². The number of aliphatic hydroxyl groups is 1. The monoisotopic (exact) mass is 274 g/mol. The van der Waals surface area contributed by atoms with E-state index in [9.17, 15) is 9.50 Å². The van der Waals surface area contributed by atoms with Crippen molar-refractivity contribution >= 4 is 0 Å². The first-order valence-electron chi connectivity index (χ1n) is 6.53. The standard InChI is InChI=1S/C17H19FO2/c1-10-7-13(18)5-6-14(10)17(19)15-8-12(3)16(20-4)9-11(15)2/h5-9,17,19H,1-4H3. The predicted octanol–water partition coefficient (Wildman–Crippen LogP) is 3.84. The van der Waals surface area contributed by atoms with Crippen molar-refractivity contribution in [3.05, 3.63) is 64.0 Å². The third kappa shape index (κ3) is 2.68. The summed E-state index contributed by atoms with van der Waals surface area (Å²) in [6, 6.07) is 8.27. The van der Waals surface area contributed by atoms with Gasteiger partial charge >= 0.3 is 0 Å². The van der Waals surface area contributed by atoms with Crippen LogP contribution in [-0.4, -0.2) is 12.2 Å². The normalized spacial score (nSPS) is 12.3. The summed E-state index contributed by atoms with van der Waals surface area (Å²) in [6.07, 6.45) is -0.764.